The van der Waals surface area contributed by atoms with Gasteiger partial charge in [0.05, 0.1) is 0 Å². The van der Waals surface area contributed by atoms with Gasteiger partial charge in [0.1, 0.15) is 5.69 Å². The van der Waals surface area contributed by atoms with Gasteiger partial charge >= 0.3 is 0 Å². The largest absolute Gasteiger partial charge is 0.858 e. The second-order valence-electron chi connectivity index (χ2n) is 3.47. The number of nitrogens with zero attached hydrogens (tertiary/aromatic N) is 3. The molecule has 0 unspecified atom stereocenters. The molecule has 0 bridgehead atoms. The van der Waals surface area contributed by atoms with Crippen LogP contribution < -0.4 is 5.11 Å². The molecule has 0 aliphatic carbocycles. The molecule has 4 heteroatoms. The maximum Gasteiger partial charge on any atom is 0.207 e. The van der Waals surface area contributed by atoms with Crippen LogP contribution in [0.25, 0.3) is 0 Å². The lowest BCUT2D eigenvalue weighted by molar-refractivity contribution is -0.626. The lowest BCUT2D eigenvalue weighted by Crippen LogP contribution is -2.20. The Bertz CT molecular complexity index is 365. The number of hydrogen-bond donors (Lipinski definition) is 0. The van der Waals surface area contributed by atoms with Crippen molar-refractivity contribution in [1.82, 2.24) is 0 Å². The van der Waals surface area contributed by atoms with Gasteiger partial charge in [0.25, 0.3) is 0 Å². The molecule has 0 spiro atoms. The highest BCUT2D eigenvalue weighted by molar-refractivity contribution is 5.67. The van der Waals surface area contributed by atoms with Gasteiger partial charge in [-0.05, 0) is 19.1 Å². The first-order valence-corrected chi connectivity index (χ1v) is 4.87. The molecular weight excluding hydrogens is 190 g/mol. The van der Waals surface area contributed by atoms with Crippen molar-refractivity contribution in [1.29, 1.82) is 0 Å². The highest BCUT2D eigenvalue weighted by Crippen LogP contribution is 2.11. The van der Waals surface area contributed by atoms with Gasteiger partial charge in [-0.25, -0.2) is 0 Å². The van der Waals surface area contributed by atoms with Crippen molar-refractivity contribution < 1.29 is 9.91 Å². The van der Waals surface area contributed by atoms with Crippen LogP contribution in [-0.2, 0) is 0 Å². The quantitative estimate of drug-likeness (QED) is 0.244. The molecule has 4 nitrogen and oxygen atoms in total. The molecule has 15 heavy (non-hydrogen) atoms. The van der Waals surface area contributed by atoms with Crippen LogP contribution in [0.2, 0.25) is 0 Å². The predicted molar refractivity (Wildman–Crippen MR) is 57.0 cm³/mol. The summed E-state index contributed by atoms with van der Waals surface area (Å²) in [6, 6.07) is 9.50. The maximum absolute atomic E-state index is 10.9. The van der Waals surface area contributed by atoms with E-state index in [1.54, 1.807) is 0 Å². The van der Waals surface area contributed by atoms with E-state index in [2.05, 4.69) is 10.2 Å². The molecule has 0 fully saturated rings. The zero-order chi connectivity index (χ0) is 11.3. The van der Waals surface area contributed by atoms with Crippen LogP contribution in [0, 0.1) is 0 Å². The fourth-order valence-corrected chi connectivity index (χ4v) is 1.01. The predicted octanol–water partition coefficient (Wildman–Crippen LogP) is 1.88. The van der Waals surface area contributed by atoms with Crippen LogP contribution in [0.1, 0.15) is 20.8 Å². The van der Waals surface area contributed by atoms with E-state index in [0.29, 0.717) is 0 Å². The first-order valence-electron chi connectivity index (χ1n) is 4.87. The topological polar surface area (TPSA) is 50.8 Å². The Balaban J connectivity index is 3.00. The maximum atomic E-state index is 10.9. The Morgan fingerprint density at radius 1 is 1.27 bits per heavy atom. The minimum Gasteiger partial charge on any atom is -0.858 e. The van der Waals surface area contributed by atoms with Crippen LogP contribution in [-0.4, -0.2) is 16.7 Å². The fourth-order valence-electron chi connectivity index (χ4n) is 1.01. The van der Waals surface area contributed by atoms with Gasteiger partial charge in [-0.2, -0.15) is 0 Å². The molecule has 1 aromatic carbocycles. The summed E-state index contributed by atoms with van der Waals surface area (Å²) in [6.07, 6.45) is 0. The molecule has 0 amide bonds. The monoisotopic (exact) mass is 205 g/mol. The lowest BCUT2D eigenvalue weighted by atomic mass is 10.3. The summed E-state index contributed by atoms with van der Waals surface area (Å²) in [5.74, 6) is -0.247. The third kappa shape index (κ3) is 3.89. The summed E-state index contributed by atoms with van der Waals surface area (Å²) in [7, 11) is 0. The Morgan fingerprint density at radius 3 is 2.33 bits per heavy atom. The molecule has 0 radical (unpaired) electrons. The standard InChI is InChI=1S/C11H15N3O/c1-9(2)14(12-10(3)15)13-11-7-5-4-6-8-11/h4-9H,1-3H3. The average Bonchev–Trinajstić information content (AvgIpc) is 2.17. The minimum absolute atomic E-state index is 0.0640. The highest BCUT2D eigenvalue weighted by atomic mass is 16.3. The third-order valence-electron chi connectivity index (χ3n) is 1.68. The molecule has 1 aromatic rings. The SMILES string of the molecule is C/C([O-])=N/[N+](=Nc1ccccc1)C(C)C. The summed E-state index contributed by atoms with van der Waals surface area (Å²) < 4.78 is 0. The normalized spacial score (nSPS) is 13.3. The number of hydrogen-bond acceptors (Lipinski definition) is 2. The molecule has 0 saturated carbocycles. The van der Waals surface area contributed by atoms with Crippen LogP contribution in [0.15, 0.2) is 40.5 Å². The molecule has 0 aliphatic heterocycles. The van der Waals surface area contributed by atoms with E-state index in [9.17, 15) is 5.11 Å². The first kappa shape index (κ1) is 11.4. The van der Waals surface area contributed by atoms with E-state index in [-0.39, 0.29) is 11.9 Å². The summed E-state index contributed by atoms with van der Waals surface area (Å²) in [4.78, 5) is 1.43. The fraction of sp³-hybridized carbons (Fsp3) is 0.364. The highest BCUT2D eigenvalue weighted by Gasteiger charge is 2.10. The van der Waals surface area contributed by atoms with Crippen molar-refractivity contribution >= 4 is 11.6 Å². The van der Waals surface area contributed by atoms with E-state index in [4.69, 9.17) is 0 Å². The van der Waals surface area contributed by atoms with Gasteiger partial charge in [0.15, 0.2) is 0 Å². The summed E-state index contributed by atoms with van der Waals surface area (Å²) in [5, 5.41) is 18.9. The third-order valence-corrected chi connectivity index (χ3v) is 1.68. The Morgan fingerprint density at radius 2 is 1.87 bits per heavy atom. The van der Waals surface area contributed by atoms with E-state index >= 15 is 0 Å². The Kier molecular flexibility index (Phi) is 3.97. The molecular formula is C11H15N3O. The first-order chi connectivity index (χ1) is 7.09. The van der Waals surface area contributed by atoms with Crippen molar-refractivity contribution in [3.05, 3.63) is 30.3 Å². The molecule has 0 aliphatic rings. The van der Waals surface area contributed by atoms with Gasteiger partial charge in [0.2, 0.25) is 6.04 Å². The van der Waals surface area contributed by atoms with Crippen molar-refractivity contribution in [2.45, 2.75) is 26.8 Å². The molecule has 0 heterocycles. The lowest BCUT2D eigenvalue weighted by Gasteiger charge is -2.00. The van der Waals surface area contributed by atoms with E-state index < -0.39 is 0 Å². The molecule has 0 aromatic heterocycles. The Labute approximate surface area is 89.6 Å². The van der Waals surface area contributed by atoms with Crippen molar-refractivity contribution in [2.24, 2.45) is 10.2 Å². The van der Waals surface area contributed by atoms with Gasteiger partial charge in [-0.1, -0.05) is 18.2 Å². The molecule has 1 rings (SSSR count). The Hall–Kier alpha value is -1.71. The number of azo groups is 1. The summed E-state index contributed by atoms with van der Waals surface area (Å²) in [5.41, 5.74) is 0.788. The molecule has 0 saturated heterocycles. The van der Waals surface area contributed by atoms with E-state index in [1.165, 1.54) is 11.7 Å². The molecule has 0 atom stereocenters. The van der Waals surface area contributed by atoms with E-state index in [0.717, 1.165) is 5.69 Å². The van der Waals surface area contributed by atoms with Crippen LogP contribution >= 0.6 is 0 Å². The van der Waals surface area contributed by atoms with Crippen LogP contribution in [0.5, 0.6) is 0 Å². The van der Waals surface area contributed by atoms with Crippen molar-refractivity contribution in [2.75, 3.05) is 0 Å². The molecule has 80 valence electrons. The smallest absolute Gasteiger partial charge is 0.207 e. The van der Waals surface area contributed by atoms with Crippen LogP contribution in [0.4, 0.5) is 5.69 Å². The molecule has 0 N–H and O–H groups in total. The van der Waals surface area contributed by atoms with Gasteiger partial charge in [0, 0.05) is 34.8 Å². The van der Waals surface area contributed by atoms with E-state index in [1.807, 2.05) is 44.2 Å². The van der Waals surface area contributed by atoms with Crippen molar-refractivity contribution in [3.8, 4) is 0 Å². The summed E-state index contributed by atoms with van der Waals surface area (Å²) in [6.45, 7) is 5.27. The van der Waals surface area contributed by atoms with Gasteiger partial charge in [-0.3, -0.25) is 0 Å². The van der Waals surface area contributed by atoms with Gasteiger partial charge < -0.3 is 5.11 Å². The summed E-state index contributed by atoms with van der Waals surface area (Å²) >= 11 is 0. The second kappa shape index (κ2) is 5.24. The van der Waals surface area contributed by atoms with Crippen molar-refractivity contribution in [3.63, 3.8) is 0 Å². The zero-order valence-corrected chi connectivity index (χ0v) is 9.21. The number of benzene rings is 1. The van der Waals surface area contributed by atoms with Crippen LogP contribution in [0.3, 0.4) is 0 Å². The average molecular weight is 205 g/mol. The number of hydrazone groups is 1. The zero-order valence-electron chi connectivity index (χ0n) is 9.21. The number of rotatable bonds is 3. The van der Waals surface area contributed by atoms with Gasteiger partial charge in [-0.15, -0.1) is 0 Å². The second-order valence-corrected chi connectivity index (χ2v) is 3.47. The minimum atomic E-state index is -0.247.